The molecule has 7 heteroatoms. The van der Waals surface area contributed by atoms with Gasteiger partial charge in [0.2, 0.25) is 6.41 Å². The minimum absolute atomic E-state index is 0.0202. The molecular formula is C20H17N5O2. The summed E-state index contributed by atoms with van der Waals surface area (Å²) in [6, 6.07) is 7.53. The fraction of sp³-hybridized carbons (Fsp3) is 0.150. The lowest BCUT2D eigenvalue weighted by atomic mass is 10.0. The number of carbonyl (C=O) groups excluding carboxylic acids is 2. The zero-order valence-corrected chi connectivity index (χ0v) is 14.9. The lowest BCUT2D eigenvalue weighted by Gasteiger charge is -2.12. The van der Waals surface area contributed by atoms with Gasteiger partial charge in [-0.25, -0.2) is 9.50 Å². The summed E-state index contributed by atoms with van der Waals surface area (Å²) in [5.41, 5.74) is 4.08. The van der Waals surface area contributed by atoms with Crippen LogP contribution in [0.3, 0.4) is 0 Å². The van der Waals surface area contributed by atoms with Crippen LogP contribution in [-0.2, 0) is 4.79 Å². The Hall–Kier alpha value is -3.61. The first kappa shape index (κ1) is 16.8. The number of fused-ring (bicyclic) bond motifs is 3. The molecular weight excluding hydrogens is 342 g/mol. The highest BCUT2D eigenvalue weighted by Crippen LogP contribution is 2.30. The Labute approximate surface area is 155 Å². The topological polar surface area (TPSA) is 89.2 Å². The number of nitrogens with one attached hydrogen (secondary N) is 1. The van der Waals surface area contributed by atoms with Gasteiger partial charge in [-0.15, -0.1) is 0 Å². The van der Waals surface area contributed by atoms with Crippen LogP contribution in [0.4, 0.5) is 5.82 Å². The Bertz CT molecular complexity index is 1200. The van der Waals surface area contributed by atoms with Gasteiger partial charge in [-0.3, -0.25) is 14.6 Å². The van der Waals surface area contributed by atoms with Crippen LogP contribution in [0.5, 0.6) is 0 Å². The van der Waals surface area contributed by atoms with Gasteiger partial charge in [0.1, 0.15) is 11.5 Å². The number of anilines is 1. The molecule has 0 radical (unpaired) electrons. The van der Waals surface area contributed by atoms with E-state index in [0.717, 1.165) is 33.1 Å². The van der Waals surface area contributed by atoms with Gasteiger partial charge < -0.3 is 5.32 Å². The lowest BCUT2D eigenvalue weighted by Crippen LogP contribution is -2.03. The summed E-state index contributed by atoms with van der Waals surface area (Å²) in [5, 5.41) is 8.87. The molecule has 0 unspecified atom stereocenters. The number of rotatable bonds is 5. The minimum atomic E-state index is 0.0202. The molecule has 4 aromatic heterocycles. The monoisotopic (exact) mass is 359 g/mol. The van der Waals surface area contributed by atoms with Gasteiger partial charge in [-0.2, -0.15) is 5.10 Å². The molecule has 0 aliphatic carbocycles. The maximum atomic E-state index is 11.9. The Morgan fingerprint density at radius 2 is 2.07 bits per heavy atom. The fourth-order valence-electron chi connectivity index (χ4n) is 3.20. The molecule has 134 valence electrons. The van der Waals surface area contributed by atoms with Gasteiger partial charge in [0, 0.05) is 35.2 Å². The van der Waals surface area contributed by atoms with E-state index in [1.54, 1.807) is 18.6 Å². The number of aryl methyl sites for hydroxylation is 1. The molecule has 27 heavy (non-hydrogen) atoms. The van der Waals surface area contributed by atoms with E-state index in [0.29, 0.717) is 24.3 Å². The summed E-state index contributed by atoms with van der Waals surface area (Å²) in [5.74, 6) is 0.500. The van der Waals surface area contributed by atoms with E-state index in [9.17, 15) is 9.59 Å². The van der Waals surface area contributed by atoms with E-state index in [2.05, 4.69) is 20.4 Å². The van der Waals surface area contributed by atoms with E-state index in [1.165, 1.54) is 0 Å². The number of carbonyl (C=O) groups is 2. The molecule has 0 spiro atoms. The van der Waals surface area contributed by atoms with Crippen LogP contribution in [0.15, 0.2) is 42.9 Å². The zero-order chi connectivity index (χ0) is 19.0. The highest BCUT2D eigenvalue weighted by atomic mass is 16.1. The van der Waals surface area contributed by atoms with Crippen LogP contribution >= 0.6 is 0 Å². The smallest absolute Gasteiger partial charge is 0.212 e. The lowest BCUT2D eigenvalue weighted by molar-refractivity contribution is -0.105. The Balaban J connectivity index is 1.94. The van der Waals surface area contributed by atoms with Crippen LogP contribution in [0, 0.1) is 6.92 Å². The molecule has 4 rings (SSSR count). The van der Waals surface area contributed by atoms with Crippen molar-refractivity contribution in [2.45, 2.75) is 20.3 Å². The van der Waals surface area contributed by atoms with Crippen molar-refractivity contribution in [1.82, 2.24) is 19.6 Å². The molecule has 7 nitrogen and oxygen atoms in total. The summed E-state index contributed by atoms with van der Waals surface area (Å²) in [6.45, 7) is 3.78. The summed E-state index contributed by atoms with van der Waals surface area (Å²) in [4.78, 5) is 31.2. The second-order valence-corrected chi connectivity index (χ2v) is 6.24. The van der Waals surface area contributed by atoms with E-state index in [-0.39, 0.29) is 5.78 Å². The number of amides is 1. The molecule has 4 aromatic rings. The average molecular weight is 359 g/mol. The van der Waals surface area contributed by atoms with Crippen molar-refractivity contribution in [3.8, 4) is 11.3 Å². The number of pyridine rings is 3. The van der Waals surface area contributed by atoms with Gasteiger partial charge >= 0.3 is 0 Å². The molecule has 0 aliphatic heterocycles. The predicted molar refractivity (Wildman–Crippen MR) is 103 cm³/mol. The first-order chi connectivity index (χ1) is 13.1. The van der Waals surface area contributed by atoms with Crippen molar-refractivity contribution < 1.29 is 9.59 Å². The molecule has 1 N–H and O–H groups in total. The minimum Gasteiger partial charge on any atom is -0.313 e. The van der Waals surface area contributed by atoms with Crippen molar-refractivity contribution >= 4 is 34.3 Å². The van der Waals surface area contributed by atoms with Gasteiger partial charge in [-0.1, -0.05) is 6.92 Å². The third-order valence-electron chi connectivity index (χ3n) is 4.57. The molecule has 0 aliphatic rings. The van der Waals surface area contributed by atoms with Gasteiger partial charge in [0.15, 0.2) is 5.78 Å². The quantitative estimate of drug-likeness (QED) is 0.436. The number of nitrogens with zero attached hydrogens (tertiary/aromatic N) is 4. The van der Waals surface area contributed by atoms with Gasteiger partial charge in [0.05, 0.1) is 17.4 Å². The van der Waals surface area contributed by atoms with Crippen molar-refractivity contribution in [1.29, 1.82) is 0 Å². The van der Waals surface area contributed by atoms with Crippen molar-refractivity contribution in [2.75, 3.05) is 5.32 Å². The van der Waals surface area contributed by atoms with Crippen LogP contribution in [0.25, 0.3) is 27.5 Å². The van der Waals surface area contributed by atoms with Crippen LogP contribution in [0.2, 0.25) is 0 Å². The Morgan fingerprint density at radius 1 is 1.22 bits per heavy atom. The maximum Gasteiger partial charge on any atom is 0.212 e. The number of ketones is 1. The normalized spacial score (nSPS) is 11.0. The van der Waals surface area contributed by atoms with Crippen LogP contribution in [0.1, 0.15) is 29.4 Å². The fourth-order valence-corrected chi connectivity index (χ4v) is 3.20. The zero-order valence-electron chi connectivity index (χ0n) is 14.9. The number of hydrogen-bond acceptors (Lipinski definition) is 5. The number of Topliss-reactive ketones (excluding diaryl/α,β-unsaturated/α-hetero) is 1. The molecule has 0 aromatic carbocycles. The molecule has 0 fully saturated rings. The SMILES string of the molecule is CCC(=O)c1cc(C)c(-c2cc3cnc(NC=O)cc3c3ccnn23)cn1. The van der Waals surface area contributed by atoms with Crippen LogP contribution < -0.4 is 5.32 Å². The second kappa shape index (κ2) is 6.60. The van der Waals surface area contributed by atoms with Crippen molar-refractivity contribution in [3.05, 3.63) is 54.1 Å². The van der Waals surface area contributed by atoms with Crippen molar-refractivity contribution in [2.24, 2.45) is 0 Å². The molecule has 0 atom stereocenters. The summed E-state index contributed by atoms with van der Waals surface area (Å²) < 4.78 is 1.83. The summed E-state index contributed by atoms with van der Waals surface area (Å²) >= 11 is 0. The van der Waals surface area contributed by atoms with E-state index < -0.39 is 0 Å². The highest BCUT2D eigenvalue weighted by molar-refractivity contribution is 6.00. The number of hydrogen-bond donors (Lipinski definition) is 1. The molecule has 0 saturated carbocycles. The molecule has 1 amide bonds. The van der Waals surface area contributed by atoms with Crippen LogP contribution in [-0.4, -0.2) is 31.8 Å². The maximum absolute atomic E-state index is 11.9. The largest absolute Gasteiger partial charge is 0.313 e. The Morgan fingerprint density at radius 3 is 2.81 bits per heavy atom. The summed E-state index contributed by atoms with van der Waals surface area (Å²) in [7, 11) is 0. The average Bonchev–Trinajstić information content (AvgIpc) is 3.17. The number of aromatic nitrogens is 4. The first-order valence-corrected chi connectivity index (χ1v) is 8.59. The second-order valence-electron chi connectivity index (χ2n) is 6.24. The summed E-state index contributed by atoms with van der Waals surface area (Å²) in [6.07, 6.45) is 6.19. The first-order valence-electron chi connectivity index (χ1n) is 8.59. The van der Waals surface area contributed by atoms with E-state index >= 15 is 0 Å². The standard InChI is InChI=1S/C20H17N5O2/c1-3-19(27)16-6-12(2)15(10-21-16)18-7-13-9-22-20(23-11-26)8-14(13)17-4-5-24-25(17)18/h4-11H,3H2,1-2H3,(H,22,23,26). The van der Waals surface area contributed by atoms with E-state index in [4.69, 9.17) is 0 Å². The third kappa shape index (κ3) is 2.83. The van der Waals surface area contributed by atoms with Gasteiger partial charge in [0.25, 0.3) is 0 Å². The van der Waals surface area contributed by atoms with Gasteiger partial charge in [-0.05, 0) is 36.8 Å². The molecule has 4 heterocycles. The Kier molecular flexibility index (Phi) is 4.12. The van der Waals surface area contributed by atoms with E-state index in [1.807, 2.05) is 42.6 Å². The predicted octanol–water partition coefficient (Wildman–Crippen LogP) is 3.41. The highest BCUT2D eigenvalue weighted by Gasteiger charge is 2.14. The molecule has 0 bridgehead atoms. The van der Waals surface area contributed by atoms with Crippen molar-refractivity contribution in [3.63, 3.8) is 0 Å². The third-order valence-corrected chi connectivity index (χ3v) is 4.57. The molecule has 0 saturated heterocycles.